The van der Waals surface area contributed by atoms with E-state index in [2.05, 4.69) is 19.3 Å². The molecule has 0 aliphatic heterocycles. The van der Waals surface area contributed by atoms with Gasteiger partial charge in [-0.2, -0.15) is 0 Å². The number of aliphatic hydroxyl groups excluding tert-OH is 2. The second-order valence-electron chi connectivity index (χ2n) is 7.54. The standard InChI is InChI=1S/C19H33NO5/c1-3-12(4-2)5-7-14(21)8-6-13-9-15-16(19(13)24)10-17(15)20-25-11-18(22)23/h12-14,16,19-21,24H,3-11H2,1-2H3,(H,22,23). The molecule has 0 aromatic carbocycles. The number of allylic oxidation sites excluding steroid dienone is 1. The topological polar surface area (TPSA) is 99.0 Å². The molecule has 2 rings (SSSR count). The SMILES string of the molecule is CCC(CC)CCC(O)CCC1CC2=C(NOCC(=O)O)CC2C1O. The van der Waals surface area contributed by atoms with Crippen molar-refractivity contribution in [1.29, 1.82) is 0 Å². The number of carboxylic acid groups (broad SMARTS) is 1. The lowest BCUT2D eigenvalue weighted by Crippen LogP contribution is -2.32. The van der Waals surface area contributed by atoms with Crippen LogP contribution in [0.1, 0.15) is 65.2 Å². The van der Waals surface area contributed by atoms with Gasteiger partial charge in [-0.1, -0.05) is 26.7 Å². The lowest BCUT2D eigenvalue weighted by molar-refractivity contribution is -0.144. The van der Waals surface area contributed by atoms with Gasteiger partial charge in [0, 0.05) is 11.6 Å². The largest absolute Gasteiger partial charge is 0.479 e. The third kappa shape index (κ3) is 5.43. The molecule has 0 radical (unpaired) electrons. The maximum Gasteiger partial charge on any atom is 0.332 e. The molecule has 0 spiro atoms. The van der Waals surface area contributed by atoms with Crippen molar-refractivity contribution < 1.29 is 25.0 Å². The van der Waals surface area contributed by atoms with Crippen LogP contribution in [0.4, 0.5) is 0 Å². The number of hydroxylamine groups is 1. The van der Waals surface area contributed by atoms with Gasteiger partial charge in [0.1, 0.15) is 0 Å². The maximum absolute atomic E-state index is 10.5. The second kappa shape index (κ2) is 9.55. The van der Waals surface area contributed by atoms with Gasteiger partial charge in [-0.15, -0.1) is 0 Å². The van der Waals surface area contributed by atoms with E-state index in [9.17, 15) is 15.0 Å². The number of fused-ring (bicyclic) bond motifs is 1. The van der Waals surface area contributed by atoms with Crippen LogP contribution in [0, 0.1) is 17.8 Å². The van der Waals surface area contributed by atoms with E-state index >= 15 is 0 Å². The van der Waals surface area contributed by atoms with E-state index in [-0.39, 0.29) is 30.7 Å². The zero-order valence-electron chi connectivity index (χ0n) is 15.4. The summed E-state index contributed by atoms with van der Waals surface area (Å²) in [7, 11) is 0. The van der Waals surface area contributed by atoms with Gasteiger partial charge in [-0.05, 0) is 55.9 Å². The fourth-order valence-electron chi connectivity index (χ4n) is 4.14. The number of hydrogen-bond acceptors (Lipinski definition) is 5. The average molecular weight is 355 g/mol. The Kier molecular flexibility index (Phi) is 7.72. The minimum Gasteiger partial charge on any atom is -0.479 e. The van der Waals surface area contributed by atoms with Crippen molar-refractivity contribution in [1.82, 2.24) is 5.48 Å². The summed E-state index contributed by atoms with van der Waals surface area (Å²) in [5.41, 5.74) is 4.79. The molecule has 4 unspecified atom stereocenters. The Bertz CT molecular complexity index is 474. The highest BCUT2D eigenvalue weighted by molar-refractivity contribution is 5.67. The summed E-state index contributed by atoms with van der Waals surface area (Å²) in [4.78, 5) is 15.4. The molecular formula is C19H33NO5. The van der Waals surface area contributed by atoms with Gasteiger partial charge in [-0.3, -0.25) is 10.3 Å². The fourth-order valence-corrected chi connectivity index (χ4v) is 4.14. The van der Waals surface area contributed by atoms with Gasteiger partial charge < -0.3 is 15.3 Å². The Hall–Kier alpha value is -1.11. The van der Waals surface area contributed by atoms with E-state index in [1.54, 1.807) is 0 Å². The molecule has 144 valence electrons. The summed E-state index contributed by atoms with van der Waals surface area (Å²) < 4.78 is 0. The molecule has 1 fully saturated rings. The van der Waals surface area contributed by atoms with Crippen molar-refractivity contribution in [2.75, 3.05) is 6.61 Å². The van der Waals surface area contributed by atoms with Crippen molar-refractivity contribution in [3.05, 3.63) is 11.3 Å². The van der Waals surface area contributed by atoms with E-state index in [0.717, 1.165) is 43.4 Å². The van der Waals surface area contributed by atoms with Crippen LogP contribution in [-0.2, 0) is 9.63 Å². The smallest absolute Gasteiger partial charge is 0.332 e. The number of carboxylic acids is 1. The lowest BCUT2D eigenvalue weighted by Gasteiger charge is -2.30. The third-order valence-corrected chi connectivity index (χ3v) is 5.96. The zero-order chi connectivity index (χ0) is 18.4. The molecule has 25 heavy (non-hydrogen) atoms. The molecule has 6 nitrogen and oxygen atoms in total. The van der Waals surface area contributed by atoms with Crippen molar-refractivity contribution in [2.45, 2.75) is 77.4 Å². The van der Waals surface area contributed by atoms with E-state index < -0.39 is 5.97 Å². The predicted octanol–water partition coefficient (Wildman–Crippen LogP) is 2.60. The van der Waals surface area contributed by atoms with E-state index in [4.69, 9.17) is 9.94 Å². The van der Waals surface area contributed by atoms with Crippen LogP contribution in [0.25, 0.3) is 0 Å². The summed E-state index contributed by atoms with van der Waals surface area (Å²) in [6.45, 7) is 4.02. The Morgan fingerprint density at radius 2 is 1.96 bits per heavy atom. The van der Waals surface area contributed by atoms with Crippen molar-refractivity contribution in [2.24, 2.45) is 17.8 Å². The second-order valence-corrected chi connectivity index (χ2v) is 7.54. The minimum atomic E-state index is -1.01. The number of aliphatic carboxylic acids is 1. The summed E-state index contributed by atoms with van der Waals surface area (Å²) >= 11 is 0. The Morgan fingerprint density at radius 1 is 1.24 bits per heavy atom. The van der Waals surface area contributed by atoms with E-state index in [1.807, 2.05) is 0 Å². The molecule has 2 aliphatic rings. The first-order chi connectivity index (χ1) is 12.0. The van der Waals surface area contributed by atoms with Crippen LogP contribution in [0.15, 0.2) is 11.3 Å². The van der Waals surface area contributed by atoms with Gasteiger partial charge >= 0.3 is 5.97 Å². The third-order valence-electron chi connectivity index (χ3n) is 5.96. The monoisotopic (exact) mass is 355 g/mol. The first-order valence-corrected chi connectivity index (χ1v) is 9.63. The molecule has 0 aromatic heterocycles. The van der Waals surface area contributed by atoms with Gasteiger partial charge in [0.15, 0.2) is 6.61 Å². The normalized spacial score (nSPS) is 26.5. The predicted molar refractivity (Wildman–Crippen MR) is 94.5 cm³/mol. The van der Waals surface area contributed by atoms with E-state index in [0.29, 0.717) is 12.3 Å². The Labute approximate surface area is 150 Å². The molecule has 0 heterocycles. The van der Waals surface area contributed by atoms with Crippen LogP contribution in [-0.4, -0.2) is 40.1 Å². The number of carbonyl (C=O) groups is 1. The summed E-state index contributed by atoms with van der Waals surface area (Å²) in [6, 6.07) is 0. The first-order valence-electron chi connectivity index (χ1n) is 9.63. The summed E-state index contributed by atoms with van der Waals surface area (Å²) in [6.07, 6.45) is 6.70. The van der Waals surface area contributed by atoms with Crippen molar-refractivity contribution >= 4 is 5.97 Å². The maximum atomic E-state index is 10.5. The Balaban J connectivity index is 1.72. The van der Waals surface area contributed by atoms with Crippen LogP contribution < -0.4 is 5.48 Å². The molecule has 0 bridgehead atoms. The number of nitrogens with one attached hydrogen (secondary N) is 1. The van der Waals surface area contributed by atoms with E-state index in [1.165, 1.54) is 12.8 Å². The molecule has 4 N–H and O–H groups in total. The molecule has 0 amide bonds. The summed E-state index contributed by atoms with van der Waals surface area (Å²) in [5.74, 6) is 0.0389. The quantitative estimate of drug-likeness (QED) is 0.402. The zero-order valence-corrected chi connectivity index (χ0v) is 15.4. The average Bonchev–Trinajstić information content (AvgIpc) is 2.81. The summed E-state index contributed by atoms with van der Waals surface area (Å²) in [5, 5.41) is 29.2. The molecule has 0 aromatic rings. The molecule has 1 saturated carbocycles. The molecule has 0 saturated heterocycles. The number of aliphatic hydroxyl groups is 2. The highest BCUT2D eigenvalue weighted by atomic mass is 16.7. The highest BCUT2D eigenvalue weighted by Gasteiger charge is 2.45. The molecule has 4 atom stereocenters. The highest BCUT2D eigenvalue weighted by Crippen LogP contribution is 2.49. The lowest BCUT2D eigenvalue weighted by atomic mass is 9.83. The van der Waals surface area contributed by atoms with Gasteiger partial charge in [0.2, 0.25) is 0 Å². The Morgan fingerprint density at radius 3 is 2.60 bits per heavy atom. The van der Waals surface area contributed by atoms with Crippen molar-refractivity contribution in [3.63, 3.8) is 0 Å². The number of rotatable bonds is 12. The van der Waals surface area contributed by atoms with Crippen LogP contribution >= 0.6 is 0 Å². The van der Waals surface area contributed by atoms with Gasteiger partial charge in [0.25, 0.3) is 0 Å². The number of hydrogen-bond donors (Lipinski definition) is 4. The van der Waals surface area contributed by atoms with Crippen molar-refractivity contribution in [3.8, 4) is 0 Å². The first kappa shape index (κ1) is 20.2. The fraction of sp³-hybridized carbons (Fsp3) is 0.842. The molecule has 6 heteroatoms. The minimum absolute atomic E-state index is 0.169. The van der Waals surface area contributed by atoms with Crippen LogP contribution in [0.5, 0.6) is 0 Å². The molecular weight excluding hydrogens is 322 g/mol. The van der Waals surface area contributed by atoms with Gasteiger partial charge in [-0.25, -0.2) is 4.79 Å². The van der Waals surface area contributed by atoms with Crippen LogP contribution in [0.3, 0.4) is 0 Å². The molecule has 2 aliphatic carbocycles. The van der Waals surface area contributed by atoms with Crippen LogP contribution in [0.2, 0.25) is 0 Å². The van der Waals surface area contributed by atoms with Gasteiger partial charge in [0.05, 0.1) is 12.2 Å².